The van der Waals surface area contributed by atoms with Crippen molar-refractivity contribution in [1.82, 2.24) is 4.90 Å². The van der Waals surface area contributed by atoms with Gasteiger partial charge in [0.05, 0.1) is 0 Å². The summed E-state index contributed by atoms with van der Waals surface area (Å²) in [6.45, 7) is 4.22. The van der Waals surface area contributed by atoms with Crippen LogP contribution in [-0.4, -0.2) is 31.8 Å². The van der Waals surface area contributed by atoms with Crippen LogP contribution in [0, 0.1) is 11.2 Å². The Morgan fingerprint density at radius 1 is 1.03 bits per heavy atom. The van der Waals surface area contributed by atoms with Crippen molar-refractivity contribution in [1.29, 1.82) is 0 Å². The average Bonchev–Trinajstić information content (AvgIpc) is 2.96. The summed E-state index contributed by atoms with van der Waals surface area (Å²) in [6, 6.07) is 17.4. The van der Waals surface area contributed by atoms with E-state index in [1.807, 2.05) is 18.2 Å². The molecule has 0 radical (unpaired) electrons. The van der Waals surface area contributed by atoms with Crippen LogP contribution in [-0.2, 0) is 4.79 Å². The van der Waals surface area contributed by atoms with E-state index in [-0.39, 0.29) is 32.7 Å². The van der Waals surface area contributed by atoms with Gasteiger partial charge in [-0.05, 0) is 0 Å². The summed E-state index contributed by atoms with van der Waals surface area (Å²) in [5.41, 5.74) is 2.63. The first kappa shape index (κ1) is 20.4. The van der Waals surface area contributed by atoms with Crippen LogP contribution in [0.25, 0.3) is 5.70 Å². The molecule has 1 unspecified atom stereocenters. The minimum absolute atomic E-state index is 0.226. The first-order valence-corrected chi connectivity index (χ1v) is 12.6. The number of rotatable bonds is 5. The monoisotopic (exact) mass is 457 g/mol. The summed E-state index contributed by atoms with van der Waals surface area (Å²) in [7, 11) is 0. The molecule has 152 valence electrons. The van der Waals surface area contributed by atoms with E-state index in [4.69, 9.17) is 0 Å². The summed E-state index contributed by atoms with van der Waals surface area (Å²) in [6.07, 6.45) is 5.72. The third-order valence-corrected chi connectivity index (χ3v) is 9.23. The molecule has 2 aliphatic rings. The van der Waals surface area contributed by atoms with Gasteiger partial charge in [-0.25, -0.2) is 0 Å². The van der Waals surface area contributed by atoms with Crippen LogP contribution < -0.4 is 4.46 Å². The number of benzene rings is 2. The molecule has 0 bridgehead atoms. The molecule has 2 aromatic carbocycles. The van der Waals surface area contributed by atoms with Crippen LogP contribution in [0.5, 0.6) is 0 Å². The van der Waals surface area contributed by atoms with E-state index >= 15 is 0 Å². The number of carbonyl (C=O) groups is 1. The Labute approximate surface area is 179 Å². The first-order valence-electron chi connectivity index (χ1n) is 10.5. The van der Waals surface area contributed by atoms with Crippen LogP contribution in [0.2, 0.25) is 5.32 Å². The Bertz CT molecular complexity index is 902. The van der Waals surface area contributed by atoms with E-state index in [1.54, 1.807) is 0 Å². The van der Waals surface area contributed by atoms with Crippen molar-refractivity contribution in [2.24, 2.45) is 5.41 Å². The molecule has 1 saturated carbocycles. The van der Waals surface area contributed by atoms with Gasteiger partial charge in [0.15, 0.2) is 0 Å². The van der Waals surface area contributed by atoms with Gasteiger partial charge in [0.1, 0.15) is 0 Å². The van der Waals surface area contributed by atoms with E-state index in [0.717, 1.165) is 35.0 Å². The van der Waals surface area contributed by atoms with Crippen LogP contribution in [0.1, 0.15) is 51.5 Å². The van der Waals surface area contributed by atoms with E-state index in [1.165, 1.54) is 35.9 Å². The molecule has 0 spiro atoms. The number of carbonyl (C=O) groups excluding carboxylic acids is 1. The second-order valence-electron chi connectivity index (χ2n) is 8.38. The molecule has 0 aromatic heterocycles. The topological polar surface area (TPSA) is 20.3 Å². The van der Waals surface area contributed by atoms with Gasteiger partial charge >= 0.3 is 179 Å². The molecular formula is C25H28FNOSe. The van der Waals surface area contributed by atoms with Gasteiger partial charge in [-0.1, -0.05) is 0 Å². The van der Waals surface area contributed by atoms with E-state index in [0.29, 0.717) is 0 Å². The number of hydrogen-bond acceptors (Lipinski definition) is 1. The van der Waals surface area contributed by atoms with Crippen LogP contribution in [0.4, 0.5) is 4.39 Å². The summed E-state index contributed by atoms with van der Waals surface area (Å²) in [4.78, 5) is 15.9. The third kappa shape index (κ3) is 3.93. The normalized spacial score (nSPS) is 23.1. The van der Waals surface area contributed by atoms with Crippen molar-refractivity contribution >= 4 is 31.0 Å². The SMILES string of the molecule is CC1=C(c2ccc(F)cc2)N(C2CCCCC2)C(=O)C1(C)C[Se]c1ccccc1. The van der Waals surface area contributed by atoms with Gasteiger partial charge in [-0.3, -0.25) is 0 Å². The van der Waals surface area contributed by atoms with Gasteiger partial charge in [0.2, 0.25) is 0 Å². The van der Waals surface area contributed by atoms with Crippen molar-refractivity contribution in [3.8, 4) is 0 Å². The predicted octanol–water partition coefficient (Wildman–Crippen LogP) is 5.19. The van der Waals surface area contributed by atoms with E-state index in [2.05, 4.69) is 43.0 Å². The van der Waals surface area contributed by atoms with Crippen molar-refractivity contribution in [2.45, 2.75) is 57.3 Å². The molecule has 2 nitrogen and oxygen atoms in total. The zero-order valence-electron chi connectivity index (χ0n) is 17.2. The Balaban J connectivity index is 1.71. The van der Waals surface area contributed by atoms with Gasteiger partial charge in [0.25, 0.3) is 0 Å². The van der Waals surface area contributed by atoms with Crippen molar-refractivity contribution < 1.29 is 9.18 Å². The molecule has 0 N–H and O–H groups in total. The molecular weight excluding hydrogens is 428 g/mol. The quantitative estimate of drug-likeness (QED) is 0.568. The molecule has 1 aliphatic carbocycles. The maximum atomic E-state index is 13.8. The fraction of sp³-hybridized carbons (Fsp3) is 0.400. The summed E-state index contributed by atoms with van der Waals surface area (Å²) < 4.78 is 14.9. The molecule has 4 heteroatoms. The Hall–Kier alpha value is -1.90. The van der Waals surface area contributed by atoms with Gasteiger partial charge in [0, 0.05) is 0 Å². The second-order valence-corrected chi connectivity index (χ2v) is 10.6. The molecule has 1 fully saturated rings. The summed E-state index contributed by atoms with van der Waals surface area (Å²) >= 11 is 0.226. The molecule has 2 aromatic rings. The first-order chi connectivity index (χ1) is 14.0. The second kappa shape index (κ2) is 8.45. The van der Waals surface area contributed by atoms with E-state index in [9.17, 15) is 9.18 Å². The van der Waals surface area contributed by atoms with Gasteiger partial charge < -0.3 is 0 Å². The Morgan fingerprint density at radius 2 is 1.69 bits per heavy atom. The fourth-order valence-corrected chi connectivity index (χ4v) is 6.94. The number of hydrogen-bond donors (Lipinski definition) is 0. The van der Waals surface area contributed by atoms with Crippen LogP contribution in [0.3, 0.4) is 0 Å². The maximum absolute atomic E-state index is 13.8. The van der Waals surface area contributed by atoms with Crippen LogP contribution >= 0.6 is 0 Å². The average molecular weight is 456 g/mol. The fourth-order valence-electron chi connectivity index (χ4n) is 4.54. The number of amides is 1. The molecule has 1 amide bonds. The van der Waals surface area contributed by atoms with Crippen molar-refractivity contribution in [3.05, 3.63) is 71.6 Å². The molecule has 1 atom stereocenters. The molecule has 1 heterocycles. The van der Waals surface area contributed by atoms with Crippen molar-refractivity contribution in [3.63, 3.8) is 0 Å². The Morgan fingerprint density at radius 3 is 2.34 bits per heavy atom. The summed E-state index contributed by atoms with van der Waals surface area (Å²) in [5.74, 6) is -0.00486. The summed E-state index contributed by atoms with van der Waals surface area (Å²) in [5, 5.41) is 0.850. The predicted molar refractivity (Wildman–Crippen MR) is 117 cm³/mol. The van der Waals surface area contributed by atoms with Gasteiger partial charge in [-0.2, -0.15) is 0 Å². The van der Waals surface area contributed by atoms with E-state index < -0.39 is 5.41 Å². The minimum atomic E-state index is -0.489. The third-order valence-electron chi connectivity index (χ3n) is 6.44. The zero-order chi connectivity index (χ0) is 20.4. The van der Waals surface area contributed by atoms with Crippen LogP contribution in [0.15, 0.2) is 60.2 Å². The van der Waals surface area contributed by atoms with Crippen molar-refractivity contribution in [2.75, 3.05) is 0 Å². The number of halogens is 1. The van der Waals surface area contributed by atoms with Gasteiger partial charge in [-0.15, -0.1) is 0 Å². The molecule has 0 saturated heterocycles. The molecule has 1 aliphatic heterocycles. The molecule has 29 heavy (non-hydrogen) atoms. The standard InChI is InChI=1S/C25H28FNOSe/c1-18-23(19-13-15-20(26)16-14-19)27(21-9-5-3-6-10-21)24(28)25(18,2)17-29-22-11-7-4-8-12-22/h4,7-8,11-16,21H,3,5-6,9-10,17H2,1-2H3. The zero-order valence-corrected chi connectivity index (χ0v) is 18.9. The number of nitrogens with zero attached hydrogens (tertiary/aromatic N) is 1. The molecule has 4 rings (SSSR count). The Kier molecular flexibility index (Phi) is 5.94.